The second-order valence-electron chi connectivity index (χ2n) is 7.34. The van der Waals surface area contributed by atoms with Gasteiger partial charge in [-0.25, -0.2) is 0 Å². The Bertz CT molecular complexity index is 688. The molecule has 0 radical (unpaired) electrons. The second kappa shape index (κ2) is 11.2. The summed E-state index contributed by atoms with van der Waals surface area (Å²) < 4.78 is 16.9. The van der Waals surface area contributed by atoms with Gasteiger partial charge in [0.15, 0.2) is 0 Å². The average molecular weight is 386 g/mol. The van der Waals surface area contributed by atoms with Crippen molar-refractivity contribution < 1.29 is 19.3 Å². The summed E-state index contributed by atoms with van der Waals surface area (Å²) in [5.41, 5.74) is 2.28. The molecule has 0 saturated carbocycles. The fraction of sp³-hybridized carbons (Fsp3) is 0.478. The van der Waals surface area contributed by atoms with Gasteiger partial charge in [-0.1, -0.05) is 42.5 Å². The molecule has 0 aliphatic carbocycles. The largest absolute Gasteiger partial charge is 0.497 e. The van der Waals surface area contributed by atoms with Crippen LogP contribution in [0, 0.1) is 0 Å². The molecule has 0 aromatic heterocycles. The molecule has 5 nitrogen and oxygen atoms in total. The van der Waals surface area contributed by atoms with E-state index in [1.807, 2.05) is 48.5 Å². The lowest BCUT2D eigenvalue weighted by atomic mass is 10.1. The van der Waals surface area contributed by atoms with Crippen molar-refractivity contribution in [3.63, 3.8) is 0 Å². The molecule has 0 spiro atoms. The molecular formula is C23H31NO4. The third-order valence-corrected chi connectivity index (χ3v) is 4.92. The number of hydrogen-bond donors (Lipinski definition) is 1. The van der Waals surface area contributed by atoms with Crippen LogP contribution in [0.25, 0.3) is 0 Å². The van der Waals surface area contributed by atoms with Crippen LogP contribution in [0.5, 0.6) is 5.75 Å². The minimum atomic E-state index is -0.546. The van der Waals surface area contributed by atoms with Gasteiger partial charge in [-0.3, -0.25) is 4.90 Å². The van der Waals surface area contributed by atoms with Crippen molar-refractivity contribution in [2.45, 2.75) is 38.2 Å². The Balaban J connectivity index is 1.52. The molecule has 1 aliphatic rings. The van der Waals surface area contributed by atoms with Crippen LogP contribution in [0.15, 0.2) is 54.6 Å². The molecule has 2 atom stereocenters. The van der Waals surface area contributed by atoms with Crippen molar-refractivity contribution in [3.8, 4) is 5.75 Å². The first-order chi connectivity index (χ1) is 13.7. The van der Waals surface area contributed by atoms with E-state index in [2.05, 4.69) is 11.0 Å². The highest BCUT2D eigenvalue weighted by atomic mass is 16.5. The molecule has 1 N–H and O–H groups in total. The Kier molecular flexibility index (Phi) is 8.30. The lowest BCUT2D eigenvalue weighted by molar-refractivity contribution is -0.00288. The summed E-state index contributed by atoms with van der Waals surface area (Å²) in [5.74, 6) is 0.848. The van der Waals surface area contributed by atoms with Crippen molar-refractivity contribution in [1.29, 1.82) is 0 Å². The van der Waals surface area contributed by atoms with Crippen molar-refractivity contribution in [2.75, 3.05) is 33.4 Å². The molecule has 1 heterocycles. The minimum absolute atomic E-state index is 0.239. The number of benzene rings is 2. The van der Waals surface area contributed by atoms with Gasteiger partial charge in [0.25, 0.3) is 0 Å². The first kappa shape index (κ1) is 20.8. The van der Waals surface area contributed by atoms with E-state index in [4.69, 9.17) is 14.2 Å². The van der Waals surface area contributed by atoms with Crippen molar-refractivity contribution in [1.82, 2.24) is 4.90 Å². The van der Waals surface area contributed by atoms with E-state index >= 15 is 0 Å². The Morgan fingerprint density at radius 3 is 2.71 bits per heavy atom. The van der Waals surface area contributed by atoms with Gasteiger partial charge in [-0.2, -0.15) is 0 Å². The van der Waals surface area contributed by atoms with E-state index in [1.54, 1.807) is 7.11 Å². The first-order valence-electron chi connectivity index (χ1n) is 9.99. The summed E-state index contributed by atoms with van der Waals surface area (Å²) in [5, 5.41) is 10.5. The maximum atomic E-state index is 10.5. The molecule has 1 aliphatic heterocycles. The lowest BCUT2D eigenvalue weighted by Gasteiger charge is -2.27. The zero-order valence-corrected chi connectivity index (χ0v) is 16.6. The molecule has 0 bridgehead atoms. The van der Waals surface area contributed by atoms with E-state index in [0.29, 0.717) is 19.8 Å². The fourth-order valence-electron chi connectivity index (χ4n) is 3.55. The summed E-state index contributed by atoms with van der Waals surface area (Å²) in [6.07, 6.45) is 1.88. The normalized spacial score (nSPS) is 17.8. The van der Waals surface area contributed by atoms with Crippen molar-refractivity contribution in [2.24, 2.45) is 0 Å². The van der Waals surface area contributed by atoms with E-state index in [9.17, 15) is 5.11 Å². The Morgan fingerprint density at radius 2 is 1.96 bits per heavy atom. The van der Waals surface area contributed by atoms with Gasteiger partial charge in [-0.05, 0) is 36.1 Å². The molecule has 1 saturated heterocycles. The predicted octanol–water partition coefficient (Wildman–Crippen LogP) is 3.25. The van der Waals surface area contributed by atoms with Gasteiger partial charge >= 0.3 is 0 Å². The maximum Gasteiger partial charge on any atom is 0.119 e. The summed E-state index contributed by atoms with van der Waals surface area (Å²) in [7, 11) is 1.68. The van der Waals surface area contributed by atoms with Crippen LogP contribution in [-0.2, 0) is 22.6 Å². The Morgan fingerprint density at radius 1 is 1.14 bits per heavy atom. The number of aliphatic hydroxyl groups is 1. The molecular weight excluding hydrogens is 354 g/mol. The molecule has 3 rings (SSSR count). The highest BCUT2D eigenvalue weighted by Crippen LogP contribution is 2.18. The van der Waals surface area contributed by atoms with Crippen LogP contribution in [0.4, 0.5) is 0 Å². The topological polar surface area (TPSA) is 51.2 Å². The highest BCUT2D eigenvalue weighted by Gasteiger charge is 2.21. The SMILES string of the molecule is COc1cccc(CN(C[C@H](O)COCc2ccccc2)C[C@@H]2CCCO2)c1. The Labute approximate surface area is 167 Å². The van der Waals surface area contributed by atoms with Crippen LogP contribution in [0.3, 0.4) is 0 Å². The monoisotopic (exact) mass is 385 g/mol. The van der Waals surface area contributed by atoms with E-state index in [-0.39, 0.29) is 6.10 Å². The summed E-state index contributed by atoms with van der Waals surface area (Å²) in [6.45, 7) is 3.76. The van der Waals surface area contributed by atoms with Crippen molar-refractivity contribution in [3.05, 3.63) is 65.7 Å². The molecule has 28 heavy (non-hydrogen) atoms. The molecule has 0 amide bonds. The summed E-state index contributed by atoms with van der Waals surface area (Å²) >= 11 is 0. The van der Waals surface area contributed by atoms with Crippen LogP contribution in [0.1, 0.15) is 24.0 Å². The van der Waals surface area contributed by atoms with Gasteiger partial charge in [0, 0.05) is 26.2 Å². The highest BCUT2D eigenvalue weighted by molar-refractivity contribution is 5.28. The van der Waals surface area contributed by atoms with Gasteiger partial charge in [0.1, 0.15) is 5.75 Å². The maximum absolute atomic E-state index is 10.5. The quantitative estimate of drug-likeness (QED) is 0.643. The molecule has 152 valence electrons. The van der Waals surface area contributed by atoms with Gasteiger partial charge < -0.3 is 19.3 Å². The van der Waals surface area contributed by atoms with Crippen molar-refractivity contribution >= 4 is 0 Å². The number of hydrogen-bond acceptors (Lipinski definition) is 5. The zero-order chi connectivity index (χ0) is 19.6. The number of aliphatic hydroxyl groups excluding tert-OH is 1. The minimum Gasteiger partial charge on any atom is -0.497 e. The van der Waals surface area contributed by atoms with E-state index < -0.39 is 6.10 Å². The fourth-order valence-corrected chi connectivity index (χ4v) is 3.55. The molecule has 0 unspecified atom stereocenters. The van der Waals surface area contributed by atoms with Crippen LogP contribution >= 0.6 is 0 Å². The summed E-state index contributed by atoms with van der Waals surface area (Å²) in [6, 6.07) is 18.1. The van der Waals surface area contributed by atoms with Gasteiger partial charge in [0.2, 0.25) is 0 Å². The van der Waals surface area contributed by atoms with Crippen LogP contribution in [-0.4, -0.2) is 55.6 Å². The summed E-state index contributed by atoms with van der Waals surface area (Å²) in [4.78, 5) is 2.25. The zero-order valence-electron chi connectivity index (χ0n) is 16.6. The third kappa shape index (κ3) is 6.91. The number of ether oxygens (including phenoxy) is 3. The number of methoxy groups -OCH3 is 1. The smallest absolute Gasteiger partial charge is 0.119 e. The lowest BCUT2D eigenvalue weighted by Crippen LogP contribution is -2.39. The molecule has 1 fully saturated rings. The number of rotatable bonds is 11. The number of nitrogens with zero attached hydrogens (tertiary/aromatic N) is 1. The van der Waals surface area contributed by atoms with Gasteiger partial charge in [-0.15, -0.1) is 0 Å². The molecule has 2 aromatic carbocycles. The van der Waals surface area contributed by atoms with Crippen LogP contribution in [0.2, 0.25) is 0 Å². The van der Waals surface area contributed by atoms with E-state index in [1.165, 1.54) is 0 Å². The third-order valence-electron chi connectivity index (χ3n) is 4.92. The molecule has 5 heteroatoms. The predicted molar refractivity (Wildman–Crippen MR) is 109 cm³/mol. The van der Waals surface area contributed by atoms with E-state index in [0.717, 1.165) is 49.4 Å². The van der Waals surface area contributed by atoms with Gasteiger partial charge in [0.05, 0.1) is 32.5 Å². The Hall–Kier alpha value is -1.92. The van der Waals surface area contributed by atoms with Crippen LogP contribution < -0.4 is 4.74 Å². The standard InChI is InChI=1S/C23H31NO4/c1-26-22-10-5-9-20(13-22)14-24(16-23-11-6-12-28-23)15-21(25)18-27-17-19-7-3-2-4-8-19/h2-5,7-10,13,21,23,25H,6,11-12,14-18H2,1H3/t21-,23-/m0/s1. The second-order valence-corrected chi connectivity index (χ2v) is 7.34. The average Bonchev–Trinajstić information content (AvgIpc) is 3.22. The molecule has 2 aromatic rings. The first-order valence-corrected chi connectivity index (χ1v) is 9.99.